The summed E-state index contributed by atoms with van der Waals surface area (Å²) < 4.78 is 5.59. The minimum absolute atomic E-state index is 0.195. The molecule has 0 amide bonds. The van der Waals surface area contributed by atoms with Gasteiger partial charge in [0.2, 0.25) is 0 Å². The highest BCUT2D eigenvalue weighted by Gasteiger charge is 2.34. The van der Waals surface area contributed by atoms with Gasteiger partial charge in [-0.25, -0.2) is 0 Å². The van der Waals surface area contributed by atoms with E-state index < -0.39 is 5.97 Å². The van der Waals surface area contributed by atoms with Gasteiger partial charge in [0.1, 0.15) is 6.10 Å². The Labute approximate surface area is 151 Å². The van der Waals surface area contributed by atoms with E-state index >= 15 is 0 Å². The second-order valence-electron chi connectivity index (χ2n) is 5.80. The number of hydrogen-bond acceptors (Lipinski definition) is 2. The van der Waals surface area contributed by atoms with Crippen molar-refractivity contribution in [2.45, 2.75) is 57.7 Å². The first-order valence-corrected chi connectivity index (χ1v) is 9.06. The van der Waals surface area contributed by atoms with Crippen LogP contribution in [0.25, 0.3) is 0 Å². The molecule has 0 saturated carbocycles. The van der Waals surface area contributed by atoms with Crippen LogP contribution in [0.2, 0.25) is 0 Å². The van der Waals surface area contributed by atoms with Crippen molar-refractivity contribution in [1.29, 1.82) is 0 Å². The zero-order valence-electron chi connectivity index (χ0n) is 15.1. The van der Waals surface area contributed by atoms with E-state index in [4.69, 9.17) is 9.84 Å². The van der Waals surface area contributed by atoms with Crippen LogP contribution in [0.3, 0.4) is 0 Å². The summed E-state index contributed by atoms with van der Waals surface area (Å²) in [5.41, 5.74) is 0. The molecule has 1 rings (SSSR count). The van der Waals surface area contributed by atoms with Gasteiger partial charge in [-0.1, -0.05) is 79.8 Å². The van der Waals surface area contributed by atoms with Crippen LogP contribution < -0.4 is 0 Å². The molecule has 0 unspecified atom stereocenters. The Balaban J connectivity index is 2.04. The summed E-state index contributed by atoms with van der Waals surface area (Å²) in [6.07, 6.45) is 30.0. The highest BCUT2D eigenvalue weighted by Crippen LogP contribution is 2.26. The first-order chi connectivity index (χ1) is 12.2. The third kappa shape index (κ3) is 12.9. The third-order valence-corrected chi connectivity index (χ3v) is 3.57. The molecule has 1 aliphatic heterocycles. The van der Waals surface area contributed by atoms with Gasteiger partial charge in [-0.05, 0) is 32.1 Å². The molecule has 0 aliphatic carbocycles. The molecule has 0 spiro atoms. The first-order valence-electron chi connectivity index (χ1n) is 9.06. The lowest BCUT2D eigenvalue weighted by Gasteiger charge is -1.86. The molecule has 0 bridgehead atoms. The Kier molecular flexibility index (Phi) is 11.9. The lowest BCUT2D eigenvalue weighted by atomic mass is 10.2. The Bertz CT molecular complexity index is 535. The van der Waals surface area contributed by atoms with E-state index in [1.807, 2.05) is 42.5 Å². The molecule has 0 aromatic rings. The topological polar surface area (TPSA) is 49.8 Å². The van der Waals surface area contributed by atoms with Crippen molar-refractivity contribution in [3.8, 4) is 0 Å². The van der Waals surface area contributed by atoms with Crippen molar-refractivity contribution in [2.75, 3.05) is 0 Å². The van der Waals surface area contributed by atoms with Gasteiger partial charge >= 0.3 is 5.97 Å². The fraction of sp³-hybridized carbons (Fsp3) is 0.409. The van der Waals surface area contributed by atoms with Gasteiger partial charge in [-0.3, -0.25) is 4.79 Å². The summed E-state index contributed by atoms with van der Waals surface area (Å²) in [4.78, 5) is 10.3. The van der Waals surface area contributed by atoms with E-state index in [1.165, 1.54) is 0 Å². The normalized spacial score (nSPS) is 21.2. The maximum absolute atomic E-state index is 10.3. The summed E-state index contributed by atoms with van der Waals surface area (Å²) in [5, 5.41) is 8.50. The second kappa shape index (κ2) is 14.2. The SMILES string of the molecule is CC/C=C\C/C=C\C[C@@H]1O[C@H]1/C=C/C=C/C=C\C/C=C\CCC(=O)O. The average molecular weight is 342 g/mol. The standard InChI is InChI=1S/C22H30O3/c1-2-3-4-5-11-14-17-20-21(25-20)18-15-12-9-7-6-8-10-13-16-19-22(23)24/h3-4,6-7,9-15,18,20-21H,2,5,8,16-17,19H2,1H3,(H,23,24)/b4-3-,7-6-,12-9+,13-10-,14-11-,18-15+/t20-,21-/m0/s1. The van der Waals surface area contributed by atoms with Crippen LogP contribution in [0.1, 0.15) is 45.4 Å². The summed E-state index contributed by atoms with van der Waals surface area (Å²) >= 11 is 0. The number of hydrogen-bond donors (Lipinski definition) is 1. The second-order valence-corrected chi connectivity index (χ2v) is 5.80. The summed E-state index contributed by atoms with van der Waals surface area (Å²) in [6.45, 7) is 2.14. The molecule has 1 fully saturated rings. The maximum Gasteiger partial charge on any atom is 0.303 e. The summed E-state index contributed by atoms with van der Waals surface area (Å²) in [6, 6.07) is 0. The fourth-order valence-corrected chi connectivity index (χ4v) is 2.14. The number of carboxylic acids is 1. The van der Waals surface area contributed by atoms with Crippen molar-refractivity contribution in [1.82, 2.24) is 0 Å². The first kappa shape index (κ1) is 20.9. The molecule has 0 aromatic carbocycles. The highest BCUT2D eigenvalue weighted by molar-refractivity contribution is 5.66. The molecule has 2 atom stereocenters. The van der Waals surface area contributed by atoms with Crippen LogP contribution in [0, 0.1) is 0 Å². The van der Waals surface area contributed by atoms with Crippen molar-refractivity contribution >= 4 is 5.97 Å². The van der Waals surface area contributed by atoms with E-state index in [9.17, 15) is 4.79 Å². The Hall–Kier alpha value is -2.13. The highest BCUT2D eigenvalue weighted by atomic mass is 16.6. The number of rotatable bonds is 13. The van der Waals surface area contributed by atoms with E-state index in [0.29, 0.717) is 12.5 Å². The van der Waals surface area contributed by atoms with E-state index in [1.54, 1.807) is 0 Å². The van der Waals surface area contributed by atoms with Crippen LogP contribution in [0.15, 0.2) is 72.9 Å². The molecule has 1 aliphatic rings. The molecular formula is C22H30O3. The number of epoxide rings is 1. The van der Waals surface area contributed by atoms with Crippen LogP contribution in [0.5, 0.6) is 0 Å². The molecule has 0 radical (unpaired) electrons. The van der Waals surface area contributed by atoms with Crippen LogP contribution in [-0.2, 0) is 9.53 Å². The number of carboxylic acid groups (broad SMARTS) is 1. The van der Waals surface area contributed by atoms with Crippen molar-refractivity contribution < 1.29 is 14.6 Å². The zero-order valence-corrected chi connectivity index (χ0v) is 15.1. The largest absolute Gasteiger partial charge is 0.481 e. The average Bonchev–Trinajstić information content (AvgIpc) is 3.34. The molecule has 1 N–H and O–H groups in total. The maximum atomic E-state index is 10.3. The van der Waals surface area contributed by atoms with E-state index in [2.05, 4.69) is 37.3 Å². The summed E-state index contributed by atoms with van der Waals surface area (Å²) in [5.74, 6) is -0.753. The van der Waals surface area contributed by atoms with Crippen LogP contribution in [-0.4, -0.2) is 23.3 Å². The quantitative estimate of drug-likeness (QED) is 0.272. The molecule has 1 saturated heterocycles. The minimum atomic E-state index is -0.753. The van der Waals surface area contributed by atoms with E-state index in [-0.39, 0.29) is 12.5 Å². The molecule has 25 heavy (non-hydrogen) atoms. The van der Waals surface area contributed by atoms with Crippen LogP contribution in [0.4, 0.5) is 0 Å². The molecule has 136 valence electrons. The van der Waals surface area contributed by atoms with Crippen molar-refractivity contribution in [3.05, 3.63) is 72.9 Å². The smallest absolute Gasteiger partial charge is 0.303 e. The van der Waals surface area contributed by atoms with Gasteiger partial charge < -0.3 is 9.84 Å². The summed E-state index contributed by atoms with van der Waals surface area (Å²) in [7, 11) is 0. The number of ether oxygens (including phenoxy) is 1. The number of allylic oxidation sites excluding steroid dienone is 10. The molecule has 0 aromatic heterocycles. The fourth-order valence-electron chi connectivity index (χ4n) is 2.14. The van der Waals surface area contributed by atoms with Crippen molar-refractivity contribution in [3.63, 3.8) is 0 Å². The molecule has 3 heteroatoms. The van der Waals surface area contributed by atoms with Gasteiger partial charge in [0.05, 0.1) is 6.10 Å². The Morgan fingerprint density at radius 2 is 1.64 bits per heavy atom. The van der Waals surface area contributed by atoms with Crippen LogP contribution >= 0.6 is 0 Å². The van der Waals surface area contributed by atoms with Gasteiger partial charge in [-0.15, -0.1) is 0 Å². The van der Waals surface area contributed by atoms with E-state index in [0.717, 1.165) is 25.7 Å². The molecule has 1 heterocycles. The lowest BCUT2D eigenvalue weighted by Crippen LogP contribution is -1.91. The minimum Gasteiger partial charge on any atom is -0.481 e. The van der Waals surface area contributed by atoms with Gasteiger partial charge in [0.25, 0.3) is 0 Å². The van der Waals surface area contributed by atoms with Gasteiger partial charge in [0.15, 0.2) is 0 Å². The molecule has 3 nitrogen and oxygen atoms in total. The Morgan fingerprint density at radius 1 is 0.920 bits per heavy atom. The molecular weight excluding hydrogens is 312 g/mol. The predicted molar refractivity (Wildman–Crippen MR) is 105 cm³/mol. The zero-order chi connectivity index (χ0) is 18.2. The van der Waals surface area contributed by atoms with Gasteiger partial charge in [-0.2, -0.15) is 0 Å². The number of carbonyl (C=O) groups is 1. The lowest BCUT2D eigenvalue weighted by molar-refractivity contribution is -0.136. The van der Waals surface area contributed by atoms with Gasteiger partial charge in [0, 0.05) is 6.42 Å². The van der Waals surface area contributed by atoms with Crippen molar-refractivity contribution in [2.24, 2.45) is 0 Å². The Morgan fingerprint density at radius 3 is 2.44 bits per heavy atom. The number of aliphatic carboxylic acids is 1. The third-order valence-electron chi connectivity index (χ3n) is 3.57. The monoisotopic (exact) mass is 342 g/mol. The predicted octanol–water partition coefficient (Wildman–Crippen LogP) is 5.54.